The van der Waals surface area contributed by atoms with Crippen LogP contribution in [-0.2, 0) is 0 Å². The van der Waals surface area contributed by atoms with Crippen LogP contribution < -0.4 is 10.6 Å². The van der Waals surface area contributed by atoms with E-state index in [0.29, 0.717) is 0 Å². The van der Waals surface area contributed by atoms with E-state index >= 15 is 0 Å². The quantitative estimate of drug-likeness (QED) is 0.517. The lowest BCUT2D eigenvalue weighted by Crippen LogP contribution is -2.35. The second kappa shape index (κ2) is 4.14. The van der Waals surface area contributed by atoms with E-state index in [1.165, 1.54) is 12.8 Å². The molecule has 0 atom stereocenters. The van der Waals surface area contributed by atoms with E-state index in [0.717, 1.165) is 25.9 Å². The molecule has 0 aromatic heterocycles. The van der Waals surface area contributed by atoms with Crippen molar-refractivity contribution >= 4 is 6.03 Å². The minimum atomic E-state index is -0.0121. The average Bonchev–Trinajstić information content (AvgIpc) is 2.02. The highest BCUT2D eigenvalue weighted by Crippen LogP contribution is 1.98. The van der Waals surface area contributed by atoms with Crippen LogP contribution in [0.4, 0.5) is 4.79 Å². The van der Waals surface area contributed by atoms with Gasteiger partial charge < -0.3 is 10.6 Å². The van der Waals surface area contributed by atoms with E-state index in [-0.39, 0.29) is 6.03 Å². The highest BCUT2D eigenvalue weighted by Gasteiger charge is 2.00. The van der Waals surface area contributed by atoms with Crippen molar-refractivity contribution in [2.75, 3.05) is 13.1 Å². The van der Waals surface area contributed by atoms with Crippen molar-refractivity contribution in [1.82, 2.24) is 10.6 Å². The Bertz CT molecular complexity index is 102. The maximum Gasteiger partial charge on any atom is 0.314 e. The van der Waals surface area contributed by atoms with E-state index in [2.05, 4.69) is 10.6 Å². The summed E-state index contributed by atoms with van der Waals surface area (Å²) in [6.07, 6.45) is 4.71. The number of nitrogens with one attached hydrogen (secondary N) is 2. The Balaban J connectivity index is 2.21. The Kier molecular flexibility index (Phi) is 3.06. The molecule has 1 aliphatic rings. The standard InChI is InChI=1S/C7H14N2O/c10-7-8-5-3-1-2-4-6-9-7/h1-6H2,(H2,8,9,10). The number of hydrogen-bond donors (Lipinski definition) is 2. The first kappa shape index (κ1) is 7.38. The lowest BCUT2D eigenvalue weighted by molar-refractivity contribution is 0.241. The maximum absolute atomic E-state index is 10.8. The van der Waals surface area contributed by atoms with Crippen LogP contribution in [0.1, 0.15) is 25.7 Å². The SMILES string of the molecule is O=C1NCCCCCCN1. The molecule has 3 nitrogen and oxygen atoms in total. The molecule has 0 aromatic carbocycles. The zero-order chi connectivity index (χ0) is 7.23. The second-order valence-corrected chi connectivity index (χ2v) is 2.60. The van der Waals surface area contributed by atoms with Crippen molar-refractivity contribution < 1.29 is 4.79 Å². The molecule has 0 aliphatic carbocycles. The molecule has 2 amide bonds. The topological polar surface area (TPSA) is 41.1 Å². The summed E-state index contributed by atoms with van der Waals surface area (Å²) >= 11 is 0. The summed E-state index contributed by atoms with van der Waals surface area (Å²) < 4.78 is 0. The van der Waals surface area contributed by atoms with Gasteiger partial charge in [0.25, 0.3) is 0 Å². The fraction of sp³-hybridized carbons (Fsp3) is 0.857. The molecule has 0 radical (unpaired) electrons. The normalized spacial score (nSPS) is 21.4. The minimum Gasteiger partial charge on any atom is -0.338 e. The van der Waals surface area contributed by atoms with Crippen molar-refractivity contribution in [3.63, 3.8) is 0 Å². The first-order chi connectivity index (χ1) is 4.89. The monoisotopic (exact) mass is 142 g/mol. The first-order valence-corrected chi connectivity index (χ1v) is 3.91. The molecular formula is C7H14N2O. The molecule has 3 heteroatoms. The van der Waals surface area contributed by atoms with Gasteiger partial charge in [-0.25, -0.2) is 4.79 Å². The van der Waals surface area contributed by atoms with Gasteiger partial charge in [-0.3, -0.25) is 0 Å². The van der Waals surface area contributed by atoms with Gasteiger partial charge in [-0.1, -0.05) is 12.8 Å². The van der Waals surface area contributed by atoms with Crippen LogP contribution in [0.15, 0.2) is 0 Å². The van der Waals surface area contributed by atoms with Gasteiger partial charge in [-0.05, 0) is 12.8 Å². The number of carbonyl (C=O) groups excluding carboxylic acids is 1. The number of amides is 2. The predicted octanol–water partition coefficient (Wildman–Crippen LogP) is 0.860. The first-order valence-electron chi connectivity index (χ1n) is 3.91. The number of carbonyl (C=O) groups is 1. The van der Waals surface area contributed by atoms with E-state index in [4.69, 9.17) is 0 Å². The Morgan fingerprint density at radius 1 is 0.900 bits per heavy atom. The minimum absolute atomic E-state index is 0.0121. The van der Waals surface area contributed by atoms with Gasteiger partial charge in [0.2, 0.25) is 0 Å². The van der Waals surface area contributed by atoms with Crippen molar-refractivity contribution in [2.24, 2.45) is 0 Å². The zero-order valence-electron chi connectivity index (χ0n) is 6.15. The summed E-state index contributed by atoms with van der Waals surface area (Å²) in [5, 5.41) is 5.55. The van der Waals surface area contributed by atoms with Crippen molar-refractivity contribution in [3.8, 4) is 0 Å². The van der Waals surface area contributed by atoms with Crippen molar-refractivity contribution in [2.45, 2.75) is 25.7 Å². The largest absolute Gasteiger partial charge is 0.338 e. The van der Waals surface area contributed by atoms with Crippen LogP contribution in [0.2, 0.25) is 0 Å². The maximum atomic E-state index is 10.8. The summed E-state index contributed by atoms with van der Waals surface area (Å²) in [6.45, 7) is 1.65. The Morgan fingerprint density at radius 3 is 1.90 bits per heavy atom. The average molecular weight is 142 g/mol. The third kappa shape index (κ3) is 2.71. The molecule has 2 N–H and O–H groups in total. The van der Waals surface area contributed by atoms with Gasteiger partial charge >= 0.3 is 6.03 Å². The van der Waals surface area contributed by atoms with E-state index < -0.39 is 0 Å². The fourth-order valence-electron chi connectivity index (χ4n) is 1.07. The van der Waals surface area contributed by atoms with Crippen molar-refractivity contribution in [1.29, 1.82) is 0 Å². The molecule has 58 valence electrons. The molecule has 1 heterocycles. The molecule has 0 saturated carbocycles. The molecular weight excluding hydrogens is 128 g/mol. The molecule has 0 spiro atoms. The summed E-state index contributed by atoms with van der Waals surface area (Å²) in [5.74, 6) is 0. The smallest absolute Gasteiger partial charge is 0.314 e. The van der Waals surface area contributed by atoms with Gasteiger partial charge in [0, 0.05) is 13.1 Å². The van der Waals surface area contributed by atoms with Crippen LogP contribution >= 0.6 is 0 Å². The van der Waals surface area contributed by atoms with Crippen molar-refractivity contribution in [3.05, 3.63) is 0 Å². The predicted molar refractivity (Wildman–Crippen MR) is 39.9 cm³/mol. The van der Waals surface area contributed by atoms with Gasteiger partial charge in [-0.2, -0.15) is 0 Å². The summed E-state index contributed by atoms with van der Waals surface area (Å²) in [5.41, 5.74) is 0. The van der Waals surface area contributed by atoms with Gasteiger partial charge in [0.05, 0.1) is 0 Å². The third-order valence-corrected chi connectivity index (χ3v) is 1.67. The molecule has 1 rings (SSSR count). The molecule has 1 fully saturated rings. The highest BCUT2D eigenvalue weighted by molar-refractivity contribution is 5.73. The van der Waals surface area contributed by atoms with Crippen LogP contribution in [0.5, 0.6) is 0 Å². The third-order valence-electron chi connectivity index (χ3n) is 1.67. The number of hydrogen-bond acceptors (Lipinski definition) is 1. The van der Waals surface area contributed by atoms with E-state index in [9.17, 15) is 4.79 Å². The lowest BCUT2D eigenvalue weighted by Gasteiger charge is -2.01. The summed E-state index contributed by atoms with van der Waals surface area (Å²) in [6, 6.07) is -0.0121. The molecule has 0 bridgehead atoms. The molecule has 0 unspecified atom stereocenters. The lowest BCUT2D eigenvalue weighted by atomic mass is 10.2. The van der Waals surface area contributed by atoms with Crippen LogP contribution in [0, 0.1) is 0 Å². The molecule has 1 saturated heterocycles. The zero-order valence-corrected chi connectivity index (χ0v) is 6.15. The molecule has 1 aliphatic heterocycles. The van der Waals surface area contributed by atoms with Crippen LogP contribution in [-0.4, -0.2) is 19.1 Å². The highest BCUT2D eigenvalue weighted by atomic mass is 16.2. The second-order valence-electron chi connectivity index (χ2n) is 2.60. The number of rotatable bonds is 0. The molecule has 0 aromatic rings. The Morgan fingerprint density at radius 2 is 1.40 bits per heavy atom. The van der Waals surface area contributed by atoms with E-state index in [1.54, 1.807) is 0 Å². The van der Waals surface area contributed by atoms with Gasteiger partial charge in [0.1, 0.15) is 0 Å². The van der Waals surface area contributed by atoms with Gasteiger partial charge in [-0.15, -0.1) is 0 Å². The van der Waals surface area contributed by atoms with Crippen LogP contribution in [0.25, 0.3) is 0 Å². The van der Waals surface area contributed by atoms with Crippen LogP contribution in [0.3, 0.4) is 0 Å². The fourth-order valence-corrected chi connectivity index (χ4v) is 1.07. The van der Waals surface area contributed by atoms with Gasteiger partial charge in [0.15, 0.2) is 0 Å². The molecule has 10 heavy (non-hydrogen) atoms. The Hall–Kier alpha value is -0.730. The number of urea groups is 1. The Labute approximate surface area is 61.2 Å². The summed E-state index contributed by atoms with van der Waals surface area (Å²) in [4.78, 5) is 10.8. The summed E-state index contributed by atoms with van der Waals surface area (Å²) in [7, 11) is 0. The van der Waals surface area contributed by atoms with E-state index in [1.807, 2.05) is 0 Å².